The van der Waals surface area contributed by atoms with E-state index in [2.05, 4.69) is 32.4 Å². The molecule has 5 nitrogen and oxygen atoms in total. The van der Waals surface area contributed by atoms with Crippen LogP contribution in [0.5, 0.6) is 0 Å². The van der Waals surface area contributed by atoms with Crippen LogP contribution in [-0.4, -0.2) is 9.78 Å². The molecule has 0 unspecified atom stereocenters. The molecule has 1 heterocycles. The summed E-state index contributed by atoms with van der Waals surface area (Å²) in [7, 11) is 0. The van der Waals surface area contributed by atoms with Gasteiger partial charge in [0.2, 0.25) is 0 Å². The number of benzene rings is 1. The van der Waals surface area contributed by atoms with Crippen LogP contribution in [0, 0.1) is 11.3 Å². The van der Waals surface area contributed by atoms with Crippen molar-refractivity contribution >= 4 is 21.6 Å². The molecule has 0 aliphatic heterocycles. The van der Waals surface area contributed by atoms with Crippen molar-refractivity contribution in [1.29, 1.82) is 5.26 Å². The monoisotopic (exact) mass is 346 g/mol. The number of aromatic nitrogens is 2. The number of rotatable bonds is 5. The minimum Gasteiger partial charge on any atom is -0.379 e. The van der Waals surface area contributed by atoms with Crippen LogP contribution >= 0.6 is 15.9 Å². The summed E-state index contributed by atoms with van der Waals surface area (Å²) in [5.41, 5.74) is 2.09. The number of hydrogen-bond acceptors (Lipinski definition) is 4. The normalized spacial score (nSPS) is 10.1. The molecule has 0 saturated carbocycles. The van der Waals surface area contributed by atoms with Gasteiger partial charge in [-0.05, 0) is 40.0 Å². The van der Waals surface area contributed by atoms with Crippen LogP contribution < -0.4 is 10.9 Å². The van der Waals surface area contributed by atoms with Crippen molar-refractivity contribution in [2.45, 2.75) is 26.4 Å². The van der Waals surface area contributed by atoms with Crippen LogP contribution in [0.1, 0.15) is 24.5 Å². The van der Waals surface area contributed by atoms with Gasteiger partial charge >= 0.3 is 0 Å². The predicted molar refractivity (Wildman–Crippen MR) is 85.0 cm³/mol. The van der Waals surface area contributed by atoms with Gasteiger partial charge in [0.25, 0.3) is 5.56 Å². The van der Waals surface area contributed by atoms with Crippen molar-refractivity contribution < 1.29 is 0 Å². The van der Waals surface area contributed by atoms with Crippen molar-refractivity contribution in [3.05, 3.63) is 56.4 Å². The maximum Gasteiger partial charge on any atom is 0.283 e. The van der Waals surface area contributed by atoms with Gasteiger partial charge in [-0.3, -0.25) is 4.79 Å². The van der Waals surface area contributed by atoms with Crippen LogP contribution in [-0.2, 0) is 13.1 Å². The number of nitrogens with one attached hydrogen (secondary N) is 1. The van der Waals surface area contributed by atoms with E-state index in [0.717, 1.165) is 12.0 Å². The summed E-state index contributed by atoms with van der Waals surface area (Å²) in [6.45, 7) is 3.12. The molecule has 0 aliphatic rings. The minimum atomic E-state index is -0.146. The number of nitriles is 1. The van der Waals surface area contributed by atoms with E-state index in [0.29, 0.717) is 28.8 Å². The Morgan fingerprint density at radius 3 is 3.00 bits per heavy atom. The maximum atomic E-state index is 12.1. The average Bonchev–Trinajstić information content (AvgIpc) is 2.51. The summed E-state index contributed by atoms with van der Waals surface area (Å²) >= 11 is 3.31. The second-order valence-electron chi connectivity index (χ2n) is 4.57. The van der Waals surface area contributed by atoms with Crippen LogP contribution in [0.3, 0.4) is 0 Å². The van der Waals surface area contributed by atoms with E-state index >= 15 is 0 Å². The number of aryl methyl sites for hydroxylation is 1. The molecule has 0 fully saturated rings. The number of anilines is 1. The molecule has 0 radical (unpaired) electrons. The van der Waals surface area contributed by atoms with Crippen LogP contribution in [0.15, 0.2) is 39.7 Å². The van der Waals surface area contributed by atoms with Gasteiger partial charge < -0.3 is 5.32 Å². The fourth-order valence-electron chi connectivity index (χ4n) is 1.91. The van der Waals surface area contributed by atoms with Gasteiger partial charge in [-0.15, -0.1) is 0 Å². The molecular weight excluding hydrogens is 332 g/mol. The molecule has 0 atom stereocenters. The van der Waals surface area contributed by atoms with Gasteiger partial charge in [0.15, 0.2) is 0 Å². The van der Waals surface area contributed by atoms with Crippen LogP contribution in [0.2, 0.25) is 0 Å². The Kier molecular flexibility index (Phi) is 5.12. The molecule has 6 heteroatoms. The molecule has 21 heavy (non-hydrogen) atoms. The summed E-state index contributed by atoms with van der Waals surface area (Å²) in [5.74, 6) is 0. The molecule has 0 aliphatic carbocycles. The first-order valence-corrected chi connectivity index (χ1v) is 7.43. The summed E-state index contributed by atoms with van der Waals surface area (Å²) < 4.78 is 1.91. The van der Waals surface area contributed by atoms with E-state index in [4.69, 9.17) is 5.26 Å². The summed E-state index contributed by atoms with van der Waals surface area (Å²) in [6.07, 6.45) is 2.49. The number of nitrogens with zero attached hydrogens (tertiary/aromatic N) is 3. The number of halogens is 1. The molecule has 1 aromatic heterocycles. The Bertz CT molecular complexity index is 733. The Morgan fingerprint density at radius 2 is 2.29 bits per heavy atom. The maximum absolute atomic E-state index is 12.1. The van der Waals surface area contributed by atoms with Crippen molar-refractivity contribution in [1.82, 2.24) is 9.78 Å². The van der Waals surface area contributed by atoms with E-state index in [1.165, 1.54) is 4.68 Å². The first kappa shape index (κ1) is 15.3. The molecule has 108 valence electrons. The topological polar surface area (TPSA) is 70.7 Å². The molecule has 2 rings (SSSR count). The fraction of sp³-hybridized carbons (Fsp3) is 0.267. The lowest BCUT2D eigenvalue weighted by Crippen LogP contribution is -2.24. The van der Waals surface area contributed by atoms with Crippen LogP contribution in [0.4, 0.5) is 5.69 Å². The highest BCUT2D eigenvalue weighted by molar-refractivity contribution is 9.10. The fourth-order valence-corrected chi connectivity index (χ4v) is 2.35. The average molecular weight is 347 g/mol. The molecular formula is C15H15BrN4O. The highest BCUT2D eigenvalue weighted by Crippen LogP contribution is 2.17. The number of hydrogen-bond donors (Lipinski definition) is 1. The van der Waals surface area contributed by atoms with E-state index in [1.807, 2.05) is 25.1 Å². The van der Waals surface area contributed by atoms with E-state index in [-0.39, 0.29) is 5.56 Å². The lowest BCUT2D eigenvalue weighted by atomic mass is 10.1. The van der Waals surface area contributed by atoms with Crippen LogP contribution in [0.25, 0.3) is 0 Å². The smallest absolute Gasteiger partial charge is 0.283 e. The van der Waals surface area contributed by atoms with Gasteiger partial charge in [0.1, 0.15) is 4.47 Å². The van der Waals surface area contributed by atoms with Gasteiger partial charge in [-0.1, -0.05) is 19.1 Å². The molecule has 2 aromatic rings. The molecule has 1 N–H and O–H groups in total. The zero-order valence-electron chi connectivity index (χ0n) is 11.6. The Morgan fingerprint density at radius 1 is 1.48 bits per heavy atom. The third-order valence-corrected chi connectivity index (χ3v) is 3.73. The van der Waals surface area contributed by atoms with Gasteiger partial charge in [-0.2, -0.15) is 10.4 Å². The highest BCUT2D eigenvalue weighted by Gasteiger charge is 2.08. The lowest BCUT2D eigenvalue weighted by molar-refractivity contribution is 0.566. The highest BCUT2D eigenvalue weighted by atomic mass is 79.9. The Labute approximate surface area is 131 Å². The SMILES string of the molecule is CCCn1ncc(NCc2cccc(C#N)c2)c(Br)c1=O. The largest absolute Gasteiger partial charge is 0.379 e. The van der Waals surface area contributed by atoms with Crippen molar-refractivity contribution in [3.63, 3.8) is 0 Å². The second-order valence-corrected chi connectivity index (χ2v) is 5.36. The summed E-state index contributed by atoms with van der Waals surface area (Å²) in [4.78, 5) is 12.1. The molecule has 0 bridgehead atoms. The van der Waals surface area contributed by atoms with E-state index < -0.39 is 0 Å². The zero-order chi connectivity index (χ0) is 15.2. The van der Waals surface area contributed by atoms with E-state index in [1.54, 1.807) is 12.3 Å². The summed E-state index contributed by atoms with van der Waals surface area (Å²) in [5, 5.41) is 16.2. The standard InChI is InChI=1S/C15H15BrN4O/c1-2-6-20-15(21)14(16)13(10-19-20)18-9-12-5-3-4-11(7-12)8-17/h3-5,7,10,18H,2,6,9H2,1H3. The third kappa shape index (κ3) is 3.70. The second kappa shape index (κ2) is 7.04. The molecule has 1 aromatic carbocycles. The van der Waals surface area contributed by atoms with E-state index in [9.17, 15) is 4.79 Å². The van der Waals surface area contributed by atoms with Gasteiger partial charge in [-0.25, -0.2) is 4.68 Å². The molecule has 0 spiro atoms. The predicted octanol–water partition coefficient (Wildman–Crippen LogP) is 2.90. The first-order chi connectivity index (χ1) is 10.2. The lowest BCUT2D eigenvalue weighted by Gasteiger charge is -2.10. The minimum absolute atomic E-state index is 0.146. The van der Waals surface area contributed by atoms with Gasteiger partial charge in [0.05, 0.1) is 23.5 Å². The van der Waals surface area contributed by atoms with Crippen molar-refractivity contribution in [2.75, 3.05) is 5.32 Å². The van der Waals surface area contributed by atoms with Crippen molar-refractivity contribution in [2.24, 2.45) is 0 Å². The molecule has 0 amide bonds. The third-order valence-electron chi connectivity index (χ3n) is 2.96. The Hall–Kier alpha value is -2.13. The summed E-state index contributed by atoms with van der Waals surface area (Å²) in [6, 6.07) is 9.43. The van der Waals surface area contributed by atoms with Gasteiger partial charge in [0, 0.05) is 13.1 Å². The molecule has 0 saturated heterocycles. The Balaban J connectivity index is 2.15. The van der Waals surface area contributed by atoms with Crippen molar-refractivity contribution in [3.8, 4) is 6.07 Å². The quantitative estimate of drug-likeness (QED) is 0.903. The first-order valence-electron chi connectivity index (χ1n) is 6.64. The zero-order valence-corrected chi connectivity index (χ0v) is 13.2.